The minimum absolute atomic E-state index is 0. The largest absolute Gasteiger partial charge is 0.459 e. The fourth-order valence-corrected chi connectivity index (χ4v) is 12.3. The summed E-state index contributed by atoms with van der Waals surface area (Å²) in [5.41, 5.74) is 21.3. The third-order valence-corrected chi connectivity index (χ3v) is 15.6. The Labute approximate surface area is 450 Å². The molecule has 0 fully saturated rings. The summed E-state index contributed by atoms with van der Waals surface area (Å²) < 4.78 is 14.0. The van der Waals surface area contributed by atoms with Crippen molar-refractivity contribution >= 4 is 89.3 Å². The van der Waals surface area contributed by atoms with Crippen molar-refractivity contribution in [2.45, 2.75) is 79.1 Å². The second-order valence-electron chi connectivity index (χ2n) is 21.3. The van der Waals surface area contributed by atoms with Crippen LogP contribution in [0.1, 0.15) is 101 Å². The monoisotopic (exact) mass is 1140 g/mol. The molecular weight excluding hydrogens is 1080 g/mol. The normalized spacial score (nSPS) is 12.8. The molecule has 2 aliphatic rings. The molecule has 3 aromatic heterocycles. The Balaban J connectivity index is 0.000000152. The standard InChI is InChI=1S/C36H20BN2O.C31H38N2.Au/c1-2-11-22(12-3-1)38-29-19-8-5-16-26(29)37-27-17-6-9-20-32(27)40-36-33-25-15-10-14-24-23-13-4-7-18-28(23)39(35(24)25)30(33)21-31(38)34(36)37;1-20(2)24-13-11-14-25(21(3)4)30(24)32-19-33(29-18-10-9-17-28(29)32)31-26(22(5)6)15-12-16-27(31)23(7)8;/h1-9,11-21H;9-18,20-23H,1-8H3;/q-1;;. The maximum absolute atomic E-state index is 6.96. The minimum atomic E-state index is 0. The van der Waals surface area contributed by atoms with Crippen LogP contribution in [0.3, 0.4) is 0 Å². The van der Waals surface area contributed by atoms with Gasteiger partial charge < -0.3 is 14.0 Å². The number of imidazole rings is 1. The molecule has 0 spiro atoms. The molecule has 0 saturated heterocycles. The summed E-state index contributed by atoms with van der Waals surface area (Å²) in [5.74, 6) is 3.60. The van der Waals surface area contributed by atoms with Crippen molar-refractivity contribution in [3.8, 4) is 22.9 Å². The molecule has 2 aliphatic heterocycles. The van der Waals surface area contributed by atoms with Crippen LogP contribution in [0.4, 0.5) is 17.1 Å². The molecule has 367 valence electrons. The van der Waals surface area contributed by atoms with E-state index in [1.54, 1.807) is 0 Å². The molecule has 14 rings (SSSR count). The van der Waals surface area contributed by atoms with Gasteiger partial charge in [0.05, 0.1) is 22.4 Å². The first-order valence-corrected chi connectivity index (χ1v) is 26.2. The smallest absolute Gasteiger partial charge is 0.269 e. The van der Waals surface area contributed by atoms with Gasteiger partial charge >= 0.3 is 0 Å². The molecule has 0 N–H and O–H groups in total. The van der Waals surface area contributed by atoms with Crippen LogP contribution >= 0.6 is 0 Å². The maximum Gasteiger partial charge on any atom is 0.269 e. The Kier molecular flexibility index (Phi) is 11.9. The zero-order valence-electron chi connectivity index (χ0n) is 43.2. The summed E-state index contributed by atoms with van der Waals surface area (Å²) >= 11 is 0. The molecule has 0 atom stereocenters. The number of benzene rings is 9. The summed E-state index contributed by atoms with van der Waals surface area (Å²) in [6.07, 6.45) is 3.84. The van der Waals surface area contributed by atoms with E-state index in [2.05, 4.69) is 268 Å². The van der Waals surface area contributed by atoms with E-state index < -0.39 is 0 Å². The van der Waals surface area contributed by atoms with E-state index in [1.807, 2.05) is 0 Å². The van der Waals surface area contributed by atoms with Crippen molar-refractivity contribution in [3.63, 3.8) is 0 Å². The molecule has 1 radical (unpaired) electrons. The molecule has 0 bridgehead atoms. The third kappa shape index (κ3) is 7.21. The predicted octanol–water partition coefficient (Wildman–Crippen LogP) is 15.2. The average molecular weight is 1140 g/mol. The van der Waals surface area contributed by atoms with Crippen molar-refractivity contribution in [1.29, 1.82) is 0 Å². The first-order chi connectivity index (χ1) is 35.6. The maximum atomic E-state index is 6.96. The molecule has 0 saturated carbocycles. The van der Waals surface area contributed by atoms with Gasteiger partial charge in [-0.15, -0.1) is 5.39 Å². The Morgan fingerprint density at radius 3 is 1.80 bits per heavy atom. The van der Waals surface area contributed by atoms with Crippen LogP contribution in [0, 0.1) is 12.4 Å². The molecule has 0 amide bonds. The van der Waals surface area contributed by atoms with Crippen LogP contribution in [0.2, 0.25) is 0 Å². The molecule has 12 aromatic rings. The number of hydrogen-bond donors (Lipinski definition) is 0. The molecule has 9 aromatic carbocycles. The van der Waals surface area contributed by atoms with E-state index in [4.69, 9.17) is 4.74 Å². The number of ether oxygens (including phenoxy) is 1. The van der Waals surface area contributed by atoms with E-state index in [-0.39, 0.29) is 29.1 Å². The minimum Gasteiger partial charge on any atom is -0.459 e. The van der Waals surface area contributed by atoms with Gasteiger partial charge in [0.2, 0.25) is 0 Å². The van der Waals surface area contributed by atoms with E-state index in [0.717, 1.165) is 28.1 Å². The third-order valence-electron chi connectivity index (χ3n) is 15.6. The molecule has 74 heavy (non-hydrogen) atoms. The van der Waals surface area contributed by atoms with Crippen LogP contribution < -0.4 is 30.6 Å². The summed E-state index contributed by atoms with van der Waals surface area (Å²) in [7, 11) is 0. The Morgan fingerprint density at radius 1 is 0.514 bits per heavy atom. The van der Waals surface area contributed by atoms with Gasteiger partial charge in [-0.25, -0.2) is 0 Å². The van der Waals surface area contributed by atoms with Crippen molar-refractivity contribution in [2.75, 3.05) is 4.90 Å². The Bertz CT molecular complexity index is 3960. The topological polar surface area (TPSA) is 25.7 Å². The molecule has 5 nitrogen and oxygen atoms in total. The van der Waals surface area contributed by atoms with Crippen molar-refractivity contribution in [3.05, 3.63) is 217 Å². The summed E-state index contributed by atoms with van der Waals surface area (Å²) in [5, 5.41) is 4.82. The van der Waals surface area contributed by atoms with E-state index in [0.29, 0.717) is 23.7 Å². The first kappa shape index (κ1) is 47.6. The van der Waals surface area contributed by atoms with Gasteiger partial charge in [0.15, 0.2) is 0 Å². The van der Waals surface area contributed by atoms with Crippen LogP contribution in [0.25, 0.3) is 60.5 Å². The van der Waals surface area contributed by atoms with E-state index in [1.165, 1.54) is 99.6 Å². The molecule has 5 heterocycles. The first-order valence-electron chi connectivity index (χ1n) is 26.2. The van der Waals surface area contributed by atoms with Crippen molar-refractivity contribution < 1.29 is 31.7 Å². The van der Waals surface area contributed by atoms with Gasteiger partial charge in [-0.1, -0.05) is 194 Å². The molecule has 7 heteroatoms. The number of rotatable bonds is 7. The number of nitrogens with zero attached hydrogens (tertiary/aromatic N) is 4. The van der Waals surface area contributed by atoms with Gasteiger partial charge in [0, 0.05) is 50.5 Å². The quantitative estimate of drug-likeness (QED) is 0.0903. The Morgan fingerprint density at radius 2 is 1.09 bits per heavy atom. The van der Waals surface area contributed by atoms with Gasteiger partial charge in [-0.2, -0.15) is 18.2 Å². The second-order valence-corrected chi connectivity index (χ2v) is 21.3. The van der Waals surface area contributed by atoms with Crippen LogP contribution in [-0.2, 0) is 22.4 Å². The second kappa shape index (κ2) is 18.5. The number of para-hydroxylation sites is 8. The van der Waals surface area contributed by atoms with E-state index in [9.17, 15) is 0 Å². The van der Waals surface area contributed by atoms with Crippen molar-refractivity contribution in [1.82, 2.24) is 8.97 Å². The van der Waals surface area contributed by atoms with Gasteiger partial charge in [-0.3, -0.25) is 9.13 Å². The van der Waals surface area contributed by atoms with Gasteiger partial charge in [0.25, 0.3) is 13.0 Å². The van der Waals surface area contributed by atoms with Crippen LogP contribution in [0.5, 0.6) is 11.5 Å². The zero-order chi connectivity index (χ0) is 49.8. The molecular formula is C67H58AuBN4O-. The van der Waals surface area contributed by atoms with Crippen LogP contribution in [0.15, 0.2) is 182 Å². The number of aromatic nitrogens is 3. The fraction of sp³-hybridized carbons (Fsp3) is 0.179. The van der Waals surface area contributed by atoms with Gasteiger partial charge in [-0.05, 0) is 115 Å². The summed E-state index contributed by atoms with van der Waals surface area (Å²) in [6, 6.07) is 69.2. The summed E-state index contributed by atoms with van der Waals surface area (Å²) in [6.45, 7) is 18.4. The molecule has 0 unspecified atom stereocenters. The summed E-state index contributed by atoms with van der Waals surface area (Å²) in [4.78, 5) is 2.42. The average Bonchev–Trinajstić information content (AvgIpc) is 4.11. The SMILES string of the molecule is CC(C)c1cccc(C(C)C)c1-n1[c-][n+](-c2c(C(C)C)cccc2C(C)C)c2ccccc21.[Au].[c-]1cc2c3ccccc3n3c4cc5c6c(c4c(c1)c23)Oc1ccccc1B6c1ccccc1N5c1ccccc1. The van der Waals surface area contributed by atoms with Crippen LogP contribution in [-0.4, -0.2) is 15.7 Å². The number of fused-ring (bicyclic) bond motifs is 12. The fourth-order valence-electron chi connectivity index (χ4n) is 12.3. The Hall–Kier alpha value is -7.34. The van der Waals surface area contributed by atoms with Crippen molar-refractivity contribution in [2.24, 2.45) is 0 Å². The predicted molar refractivity (Wildman–Crippen MR) is 306 cm³/mol. The van der Waals surface area contributed by atoms with Gasteiger partial charge in [0.1, 0.15) is 11.5 Å². The van der Waals surface area contributed by atoms with E-state index >= 15 is 0 Å². The number of hydrogen-bond acceptors (Lipinski definition) is 2. The number of anilines is 3. The zero-order valence-corrected chi connectivity index (χ0v) is 45.4. The molecule has 0 aliphatic carbocycles.